The molecule has 0 saturated carbocycles. The molecule has 0 fully saturated rings. The van der Waals surface area contributed by atoms with Gasteiger partial charge in [0, 0.05) is 18.7 Å². The maximum atomic E-state index is 12.1. The van der Waals surface area contributed by atoms with E-state index in [9.17, 15) is 4.79 Å². The predicted octanol–water partition coefficient (Wildman–Crippen LogP) is 2.43. The number of aromatic nitrogens is 1. The molecule has 0 radical (unpaired) electrons. The quantitative estimate of drug-likeness (QED) is 0.815. The first-order valence-electron chi connectivity index (χ1n) is 6.11. The maximum Gasteiger partial charge on any atom is 0.186 e. The zero-order chi connectivity index (χ0) is 13.8. The van der Waals surface area contributed by atoms with E-state index in [2.05, 4.69) is 25.8 Å². The minimum Gasteiger partial charge on any atom is -0.494 e. The maximum absolute atomic E-state index is 12.1. The van der Waals surface area contributed by atoms with Crippen LogP contribution in [0.25, 0.3) is 0 Å². The summed E-state index contributed by atoms with van der Waals surface area (Å²) in [5, 5.41) is 0. The summed E-state index contributed by atoms with van der Waals surface area (Å²) in [6.45, 7) is 6.33. The van der Waals surface area contributed by atoms with Crippen molar-refractivity contribution in [2.24, 2.45) is 11.1 Å². The predicted molar refractivity (Wildman–Crippen MR) is 71.8 cm³/mol. The zero-order valence-electron chi connectivity index (χ0n) is 11.6. The Morgan fingerprint density at radius 1 is 1.50 bits per heavy atom. The van der Waals surface area contributed by atoms with Gasteiger partial charge in [-0.3, -0.25) is 4.79 Å². The summed E-state index contributed by atoms with van der Waals surface area (Å²) in [7, 11) is 1.53. The molecular formula is C14H22N2O2. The third-order valence-corrected chi connectivity index (χ3v) is 2.58. The molecule has 1 rings (SSSR count). The fourth-order valence-corrected chi connectivity index (χ4v) is 1.96. The molecule has 1 aromatic heterocycles. The number of carbonyl (C=O) groups excluding carboxylic acids is 1. The number of pyridine rings is 1. The number of methoxy groups -OCH3 is 1. The summed E-state index contributed by atoms with van der Waals surface area (Å²) in [6, 6.07) is 3.32. The van der Waals surface area contributed by atoms with Crippen LogP contribution < -0.4 is 10.5 Å². The Morgan fingerprint density at radius 3 is 2.72 bits per heavy atom. The van der Waals surface area contributed by atoms with Crippen molar-refractivity contribution in [3.05, 3.63) is 24.0 Å². The van der Waals surface area contributed by atoms with Gasteiger partial charge in [0.05, 0.1) is 7.11 Å². The second-order valence-electron chi connectivity index (χ2n) is 5.71. The Labute approximate surface area is 109 Å². The van der Waals surface area contributed by atoms with Gasteiger partial charge in [-0.25, -0.2) is 4.98 Å². The molecule has 18 heavy (non-hydrogen) atoms. The highest BCUT2D eigenvalue weighted by molar-refractivity contribution is 5.97. The standard InChI is InChI=1S/C14H22N2O2/c1-14(2,3)9-10(15)8-11(17)13-12(18-4)6-5-7-16-13/h5-7,10H,8-9,15H2,1-4H3. The molecule has 0 spiro atoms. The summed E-state index contributed by atoms with van der Waals surface area (Å²) < 4.78 is 5.12. The molecule has 1 atom stereocenters. The van der Waals surface area contributed by atoms with Crippen molar-refractivity contribution in [1.29, 1.82) is 0 Å². The summed E-state index contributed by atoms with van der Waals surface area (Å²) in [6.07, 6.45) is 2.68. The zero-order valence-corrected chi connectivity index (χ0v) is 11.6. The van der Waals surface area contributed by atoms with E-state index in [1.165, 1.54) is 7.11 Å². The Hall–Kier alpha value is -1.42. The van der Waals surface area contributed by atoms with Crippen molar-refractivity contribution < 1.29 is 9.53 Å². The van der Waals surface area contributed by atoms with E-state index in [4.69, 9.17) is 10.5 Å². The van der Waals surface area contributed by atoms with E-state index in [0.717, 1.165) is 6.42 Å². The molecular weight excluding hydrogens is 228 g/mol. The summed E-state index contributed by atoms with van der Waals surface area (Å²) in [5.41, 5.74) is 6.48. The highest BCUT2D eigenvalue weighted by Crippen LogP contribution is 2.23. The van der Waals surface area contributed by atoms with Crippen molar-refractivity contribution in [3.63, 3.8) is 0 Å². The normalized spacial score (nSPS) is 13.2. The van der Waals surface area contributed by atoms with Crippen molar-refractivity contribution in [3.8, 4) is 5.75 Å². The number of nitrogens with zero attached hydrogens (tertiary/aromatic N) is 1. The molecule has 0 aliphatic heterocycles. The first-order valence-corrected chi connectivity index (χ1v) is 6.11. The van der Waals surface area contributed by atoms with Gasteiger partial charge in [-0.15, -0.1) is 0 Å². The van der Waals surface area contributed by atoms with Gasteiger partial charge < -0.3 is 10.5 Å². The van der Waals surface area contributed by atoms with Gasteiger partial charge in [0.2, 0.25) is 0 Å². The highest BCUT2D eigenvalue weighted by Gasteiger charge is 2.21. The first kappa shape index (κ1) is 14.6. The minimum absolute atomic E-state index is 0.0656. The van der Waals surface area contributed by atoms with Gasteiger partial charge in [0.1, 0.15) is 11.4 Å². The number of nitrogens with two attached hydrogens (primary N) is 1. The molecule has 0 aromatic carbocycles. The number of carbonyl (C=O) groups is 1. The van der Waals surface area contributed by atoms with E-state index in [1.807, 2.05) is 0 Å². The monoisotopic (exact) mass is 250 g/mol. The molecule has 0 saturated heterocycles. The second kappa shape index (κ2) is 5.96. The largest absolute Gasteiger partial charge is 0.494 e. The molecule has 0 amide bonds. The fraction of sp³-hybridized carbons (Fsp3) is 0.571. The molecule has 1 aromatic rings. The number of Topliss-reactive ketones (excluding diaryl/α,β-unsaturated/α-hetero) is 1. The molecule has 4 heteroatoms. The number of ketones is 1. The van der Waals surface area contributed by atoms with Crippen LogP contribution in [-0.4, -0.2) is 23.9 Å². The van der Waals surface area contributed by atoms with Crippen molar-refractivity contribution in [1.82, 2.24) is 4.98 Å². The van der Waals surface area contributed by atoms with Crippen LogP contribution in [0.5, 0.6) is 5.75 Å². The van der Waals surface area contributed by atoms with E-state index < -0.39 is 0 Å². The van der Waals surface area contributed by atoms with Gasteiger partial charge in [-0.05, 0) is 24.0 Å². The summed E-state index contributed by atoms with van der Waals surface area (Å²) in [4.78, 5) is 16.2. The fourth-order valence-electron chi connectivity index (χ4n) is 1.96. The SMILES string of the molecule is COc1cccnc1C(=O)CC(N)CC(C)(C)C. The van der Waals surface area contributed by atoms with Gasteiger partial charge in [-0.1, -0.05) is 20.8 Å². The van der Waals surface area contributed by atoms with Gasteiger partial charge in [-0.2, -0.15) is 0 Å². The lowest BCUT2D eigenvalue weighted by Crippen LogP contribution is -2.29. The topological polar surface area (TPSA) is 65.2 Å². The second-order valence-corrected chi connectivity index (χ2v) is 5.71. The Bertz CT molecular complexity index is 411. The van der Waals surface area contributed by atoms with Crippen LogP contribution in [0.1, 0.15) is 44.1 Å². The van der Waals surface area contributed by atoms with E-state index in [0.29, 0.717) is 17.9 Å². The Morgan fingerprint density at radius 2 is 2.17 bits per heavy atom. The van der Waals surface area contributed by atoms with Gasteiger partial charge in [0.15, 0.2) is 5.78 Å². The van der Waals surface area contributed by atoms with Crippen LogP contribution in [0.2, 0.25) is 0 Å². The molecule has 1 heterocycles. The van der Waals surface area contributed by atoms with Crippen LogP contribution in [0.15, 0.2) is 18.3 Å². The van der Waals surface area contributed by atoms with Crippen LogP contribution in [0, 0.1) is 5.41 Å². The van der Waals surface area contributed by atoms with Crippen LogP contribution >= 0.6 is 0 Å². The van der Waals surface area contributed by atoms with E-state index in [-0.39, 0.29) is 17.2 Å². The van der Waals surface area contributed by atoms with Crippen molar-refractivity contribution in [2.75, 3.05) is 7.11 Å². The third kappa shape index (κ3) is 4.45. The van der Waals surface area contributed by atoms with Crippen LogP contribution in [0.4, 0.5) is 0 Å². The molecule has 0 aliphatic carbocycles. The molecule has 4 nitrogen and oxygen atoms in total. The molecule has 0 bridgehead atoms. The van der Waals surface area contributed by atoms with Crippen molar-refractivity contribution in [2.45, 2.75) is 39.7 Å². The van der Waals surface area contributed by atoms with Crippen molar-refractivity contribution >= 4 is 5.78 Å². The van der Waals surface area contributed by atoms with E-state index in [1.54, 1.807) is 18.3 Å². The average molecular weight is 250 g/mol. The summed E-state index contributed by atoms with van der Waals surface area (Å²) in [5.74, 6) is 0.439. The average Bonchev–Trinajstić information content (AvgIpc) is 2.26. The highest BCUT2D eigenvalue weighted by atomic mass is 16.5. The number of hydrogen-bond donors (Lipinski definition) is 1. The number of ether oxygens (including phenoxy) is 1. The minimum atomic E-state index is -0.149. The third-order valence-electron chi connectivity index (χ3n) is 2.58. The molecule has 100 valence electrons. The summed E-state index contributed by atoms with van der Waals surface area (Å²) >= 11 is 0. The lowest BCUT2D eigenvalue weighted by Gasteiger charge is -2.22. The Balaban J connectivity index is 2.71. The lowest BCUT2D eigenvalue weighted by atomic mass is 9.86. The number of rotatable bonds is 5. The lowest BCUT2D eigenvalue weighted by molar-refractivity contribution is 0.0960. The molecule has 2 N–H and O–H groups in total. The van der Waals surface area contributed by atoms with E-state index >= 15 is 0 Å². The van der Waals surface area contributed by atoms with Gasteiger partial charge in [0.25, 0.3) is 0 Å². The molecule has 0 aliphatic rings. The number of hydrogen-bond acceptors (Lipinski definition) is 4. The van der Waals surface area contributed by atoms with Crippen LogP contribution in [-0.2, 0) is 0 Å². The smallest absolute Gasteiger partial charge is 0.186 e. The Kier molecular flexibility index (Phi) is 4.84. The van der Waals surface area contributed by atoms with Crippen LogP contribution in [0.3, 0.4) is 0 Å². The molecule has 1 unspecified atom stereocenters. The van der Waals surface area contributed by atoms with Gasteiger partial charge >= 0.3 is 0 Å². The first-order chi connectivity index (χ1) is 8.33.